The molecule has 0 amide bonds. The lowest BCUT2D eigenvalue weighted by atomic mass is 9.92. The zero-order chi connectivity index (χ0) is 12.3. The Balaban J connectivity index is 1.84. The largest absolute Gasteiger partial charge is 0.375 e. The van der Waals surface area contributed by atoms with E-state index in [1.807, 2.05) is 0 Å². The zero-order valence-corrected chi connectivity index (χ0v) is 12.2. The summed E-state index contributed by atoms with van der Waals surface area (Å²) in [6, 6.07) is 10.7. The molecule has 0 aliphatic carbocycles. The lowest BCUT2D eigenvalue weighted by molar-refractivity contribution is -0.0670. The molecule has 1 fully saturated rings. The maximum Gasteiger partial charge on any atom is 0.0592 e. The summed E-state index contributed by atoms with van der Waals surface area (Å²) in [5, 5.41) is 0. The summed E-state index contributed by atoms with van der Waals surface area (Å²) in [6.07, 6.45) is 4.16. The van der Waals surface area contributed by atoms with E-state index < -0.39 is 0 Å². The summed E-state index contributed by atoms with van der Waals surface area (Å²) < 4.78 is 6.06. The van der Waals surface area contributed by atoms with Crippen LogP contribution in [0.15, 0.2) is 30.3 Å². The number of ether oxygens (including phenoxy) is 1. The van der Waals surface area contributed by atoms with Gasteiger partial charge in [0.1, 0.15) is 0 Å². The molecule has 2 rings (SSSR count). The average molecular weight is 297 g/mol. The third-order valence-corrected chi connectivity index (χ3v) is 5.01. The second-order valence-electron chi connectivity index (χ2n) is 5.10. The Morgan fingerprint density at radius 1 is 1.24 bits per heavy atom. The number of rotatable bonds is 3. The summed E-state index contributed by atoms with van der Waals surface area (Å²) in [5.41, 5.74) is 1.41. The third-order valence-electron chi connectivity index (χ3n) is 3.80. The van der Waals surface area contributed by atoms with Gasteiger partial charge < -0.3 is 4.74 Å². The van der Waals surface area contributed by atoms with Gasteiger partial charge in [0.2, 0.25) is 0 Å². The maximum atomic E-state index is 6.06. The van der Waals surface area contributed by atoms with Gasteiger partial charge in [0.05, 0.1) is 12.2 Å². The Labute approximate surface area is 113 Å². The van der Waals surface area contributed by atoms with Crippen molar-refractivity contribution in [3.63, 3.8) is 0 Å². The molecule has 1 heterocycles. The van der Waals surface area contributed by atoms with Crippen molar-refractivity contribution in [1.82, 2.24) is 0 Å². The summed E-state index contributed by atoms with van der Waals surface area (Å²) in [5.74, 6) is 0.614. The van der Waals surface area contributed by atoms with Crippen LogP contribution in [0.4, 0.5) is 0 Å². The molecule has 4 atom stereocenters. The predicted octanol–water partition coefficient (Wildman–Crippen LogP) is 4.20. The molecule has 1 saturated heterocycles. The van der Waals surface area contributed by atoms with Gasteiger partial charge in [0, 0.05) is 4.83 Å². The van der Waals surface area contributed by atoms with Crippen molar-refractivity contribution in [2.45, 2.75) is 50.1 Å². The van der Waals surface area contributed by atoms with Crippen molar-refractivity contribution < 1.29 is 4.74 Å². The van der Waals surface area contributed by atoms with Crippen molar-refractivity contribution in [2.24, 2.45) is 5.92 Å². The molecule has 0 spiro atoms. The minimum absolute atomic E-state index is 0.369. The first-order valence-corrected chi connectivity index (χ1v) is 7.42. The molecule has 2 heteroatoms. The minimum atomic E-state index is 0.369. The molecule has 1 aliphatic heterocycles. The van der Waals surface area contributed by atoms with Crippen molar-refractivity contribution in [3.8, 4) is 0 Å². The topological polar surface area (TPSA) is 9.23 Å². The molecule has 0 unspecified atom stereocenters. The second-order valence-corrected chi connectivity index (χ2v) is 6.27. The van der Waals surface area contributed by atoms with Crippen LogP contribution < -0.4 is 0 Å². The van der Waals surface area contributed by atoms with E-state index in [-0.39, 0.29) is 0 Å². The van der Waals surface area contributed by atoms with Gasteiger partial charge in [-0.15, -0.1) is 0 Å². The molecule has 0 saturated carbocycles. The second kappa shape index (κ2) is 6.01. The number of benzene rings is 1. The molecule has 1 nitrogen and oxygen atoms in total. The van der Waals surface area contributed by atoms with Crippen molar-refractivity contribution >= 4 is 15.9 Å². The van der Waals surface area contributed by atoms with Crippen molar-refractivity contribution in [2.75, 3.05) is 0 Å². The highest BCUT2D eigenvalue weighted by atomic mass is 79.9. The fourth-order valence-corrected chi connectivity index (χ4v) is 3.25. The standard InChI is InChI=1S/C15H21BrO/c1-11-12(2)17-14(10-15(11)16)9-8-13-6-4-3-5-7-13/h3-7,11-12,14-15H,8-10H2,1-2H3/t11-,12-,14+,15-/m1/s1. The molecule has 0 aromatic heterocycles. The van der Waals surface area contributed by atoms with E-state index >= 15 is 0 Å². The predicted molar refractivity (Wildman–Crippen MR) is 75.6 cm³/mol. The molecule has 1 aromatic rings. The fraction of sp³-hybridized carbons (Fsp3) is 0.600. The number of halogens is 1. The van der Waals surface area contributed by atoms with Crippen molar-refractivity contribution in [3.05, 3.63) is 35.9 Å². The molecular formula is C15H21BrO. The molecular weight excluding hydrogens is 276 g/mol. The van der Waals surface area contributed by atoms with Gasteiger partial charge in [-0.1, -0.05) is 53.2 Å². The van der Waals surface area contributed by atoms with Gasteiger partial charge in [-0.3, -0.25) is 0 Å². The highest BCUT2D eigenvalue weighted by molar-refractivity contribution is 9.09. The fourth-order valence-electron chi connectivity index (χ4n) is 2.40. The van der Waals surface area contributed by atoms with Crippen LogP contribution in [0.3, 0.4) is 0 Å². The van der Waals surface area contributed by atoms with E-state index in [9.17, 15) is 0 Å². The molecule has 17 heavy (non-hydrogen) atoms. The highest BCUT2D eigenvalue weighted by Gasteiger charge is 2.31. The van der Waals surface area contributed by atoms with E-state index in [2.05, 4.69) is 60.1 Å². The van der Waals surface area contributed by atoms with Gasteiger partial charge >= 0.3 is 0 Å². The first kappa shape index (κ1) is 13.1. The van der Waals surface area contributed by atoms with Crippen LogP contribution in [-0.4, -0.2) is 17.0 Å². The lowest BCUT2D eigenvalue weighted by Gasteiger charge is -2.36. The van der Waals surface area contributed by atoms with Crippen LogP contribution in [0.2, 0.25) is 0 Å². The molecule has 94 valence electrons. The molecule has 0 bridgehead atoms. The Morgan fingerprint density at radius 2 is 1.94 bits per heavy atom. The minimum Gasteiger partial charge on any atom is -0.375 e. The summed E-state index contributed by atoms with van der Waals surface area (Å²) in [6.45, 7) is 4.45. The highest BCUT2D eigenvalue weighted by Crippen LogP contribution is 2.31. The first-order valence-electron chi connectivity index (χ1n) is 6.50. The van der Waals surface area contributed by atoms with Crippen LogP contribution in [-0.2, 0) is 11.2 Å². The van der Waals surface area contributed by atoms with Gasteiger partial charge in [-0.25, -0.2) is 0 Å². The first-order chi connectivity index (χ1) is 8.16. The smallest absolute Gasteiger partial charge is 0.0592 e. The third kappa shape index (κ3) is 3.56. The van der Waals surface area contributed by atoms with Crippen LogP contribution in [0.1, 0.15) is 32.3 Å². The summed E-state index contributed by atoms with van der Waals surface area (Å²) in [4.78, 5) is 0.604. The Morgan fingerprint density at radius 3 is 2.59 bits per heavy atom. The summed E-state index contributed by atoms with van der Waals surface area (Å²) in [7, 11) is 0. The number of alkyl halides is 1. The van der Waals surface area contributed by atoms with E-state index in [1.165, 1.54) is 5.56 Å². The monoisotopic (exact) mass is 296 g/mol. The average Bonchev–Trinajstić information content (AvgIpc) is 2.34. The van der Waals surface area contributed by atoms with Crippen LogP contribution in [0.25, 0.3) is 0 Å². The zero-order valence-electron chi connectivity index (χ0n) is 10.6. The van der Waals surface area contributed by atoms with E-state index in [1.54, 1.807) is 0 Å². The molecule has 1 aliphatic rings. The van der Waals surface area contributed by atoms with Crippen LogP contribution in [0, 0.1) is 5.92 Å². The summed E-state index contributed by atoms with van der Waals surface area (Å²) >= 11 is 3.78. The number of hydrogen-bond acceptors (Lipinski definition) is 1. The maximum absolute atomic E-state index is 6.06. The van der Waals surface area contributed by atoms with Crippen molar-refractivity contribution in [1.29, 1.82) is 0 Å². The van der Waals surface area contributed by atoms with E-state index in [0.29, 0.717) is 23.0 Å². The Kier molecular flexibility index (Phi) is 4.63. The van der Waals surface area contributed by atoms with E-state index in [0.717, 1.165) is 19.3 Å². The van der Waals surface area contributed by atoms with Gasteiger partial charge in [-0.2, -0.15) is 0 Å². The number of hydrogen-bond donors (Lipinski definition) is 0. The van der Waals surface area contributed by atoms with Gasteiger partial charge in [-0.05, 0) is 37.7 Å². The quantitative estimate of drug-likeness (QED) is 0.760. The lowest BCUT2D eigenvalue weighted by Crippen LogP contribution is -2.38. The Bertz CT molecular complexity index is 326. The van der Waals surface area contributed by atoms with E-state index in [4.69, 9.17) is 4.74 Å². The number of aryl methyl sites for hydroxylation is 1. The molecule has 0 N–H and O–H groups in total. The SMILES string of the molecule is C[C@H]1[C@H](Br)C[C@H](CCc2ccccc2)O[C@@H]1C. The molecule has 0 radical (unpaired) electrons. The van der Waals surface area contributed by atoms with Crippen LogP contribution in [0.5, 0.6) is 0 Å². The molecule has 1 aromatic carbocycles. The normalized spacial score (nSPS) is 33.6. The Hall–Kier alpha value is -0.340. The van der Waals surface area contributed by atoms with Gasteiger partial charge in [0.15, 0.2) is 0 Å². The van der Waals surface area contributed by atoms with Gasteiger partial charge in [0.25, 0.3) is 0 Å². The van der Waals surface area contributed by atoms with Crippen LogP contribution >= 0.6 is 15.9 Å².